The second-order valence-corrected chi connectivity index (χ2v) is 5.42. The quantitative estimate of drug-likeness (QED) is 0.624. The van der Waals surface area contributed by atoms with Crippen LogP contribution in [0.25, 0.3) is 0 Å². The fraction of sp³-hybridized carbons (Fsp3) is 0.500. The first-order valence-corrected chi connectivity index (χ1v) is 5.93. The number of carboxylic acids is 1. The molecule has 1 aliphatic carbocycles. The predicted molar refractivity (Wildman–Crippen MR) is 68.2 cm³/mol. The molecule has 1 aromatic rings. The van der Waals surface area contributed by atoms with E-state index in [2.05, 4.69) is 24.1 Å². The monoisotopic (exact) mass is 265 g/mol. The number of aromatic nitrogens is 1. The van der Waals surface area contributed by atoms with E-state index in [1.807, 2.05) is 0 Å². The van der Waals surface area contributed by atoms with Crippen LogP contribution in [0.3, 0.4) is 0 Å². The van der Waals surface area contributed by atoms with Crippen molar-refractivity contribution < 1.29 is 14.8 Å². The van der Waals surface area contributed by atoms with E-state index in [0.29, 0.717) is 23.7 Å². The lowest BCUT2D eigenvalue weighted by atomic mass is 10.1. The van der Waals surface area contributed by atoms with Gasteiger partial charge < -0.3 is 10.4 Å². The maximum absolute atomic E-state index is 11.0. The van der Waals surface area contributed by atoms with E-state index in [4.69, 9.17) is 5.11 Å². The SMILES string of the molecule is CC1(C)CC1CNc1cc(C(=O)O)c([N+](=O)[O-])cn1. The molecule has 1 aromatic heterocycles. The van der Waals surface area contributed by atoms with Crippen molar-refractivity contribution in [3.05, 3.63) is 27.9 Å². The number of nitrogens with zero attached hydrogens (tertiary/aromatic N) is 2. The zero-order chi connectivity index (χ0) is 14.2. The second kappa shape index (κ2) is 4.49. The number of hydrogen-bond acceptors (Lipinski definition) is 5. The third-order valence-corrected chi connectivity index (χ3v) is 3.56. The van der Waals surface area contributed by atoms with Crippen molar-refractivity contribution in [2.24, 2.45) is 11.3 Å². The number of carbonyl (C=O) groups is 1. The van der Waals surface area contributed by atoms with Gasteiger partial charge >= 0.3 is 11.7 Å². The Balaban J connectivity index is 2.12. The van der Waals surface area contributed by atoms with Crippen LogP contribution in [0.5, 0.6) is 0 Å². The molecule has 1 atom stereocenters. The standard InChI is InChI=1S/C12H15N3O4/c1-12(2)4-7(12)5-13-10-3-8(11(16)17)9(6-14-10)15(18)19/h3,6-7H,4-5H2,1-2H3,(H,13,14)(H,16,17). The van der Waals surface area contributed by atoms with Crippen molar-refractivity contribution in [1.29, 1.82) is 0 Å². The Morgan fingerprint density at radius 1 is 1.68 bits per heavy atom. The summed E-state index contributed by atoms with van der Waals surface area (Å²) in [6, 6.07) is 1.20. The number of pyridine rings is 1. The van der Waals surface area contributed by atoms with E-state index in [1.54, 1.807) is 0 Å². The molecule has 19 heavy (non-hydrogen) atoms. The number of nitro groups is 1. The lowest BCUT2D eigenvalue weighted by Crippen LogP contribution is -2.10. The van der Waals surface area contributed by atoms with E-state index in [0.717, 1.165) is 12.6 Å². The third kappa shape index (κ3) is 2.81. The van der Waals surface area contributed by atoms with Crippen molar-refractivity contribution in [3.8, 4) is 0 Å². The Bertz CT molecular complexity index is 542. The van der Waals surface area contributed by atoms with Crippen molar-refractivity contribution >= 4 is 17.5 Å². The number of aromatic carboxylic acids is 1. The van der Waals surface area contributed by atoms with Crippen LogP contribution in [0.2, 0.25) is 0 Å². The maximum Gasteiger partial charge on any atom is 0.342 e. The number of hydrogen-bond donors (Lipinski definition) is 2. The van der Waals surface area contributed by atoms with Crippen LogP contribution in [0.4, 0.5) is 11.5 Å². The van der Waals surface area contributed by atoms with Gasteiger partial charge in [-0.15, -0.1) is 0 Å². The normalized spacial score (nSPS) is 19.8. The Hall–Kier alpha value is -2.18. The minimum Gasteiger partial charge on any atom is -0.477 e. The second-order valence-electron chi connectivity index (χ2n) is 5.42. The van der Waals surface area contributed by atoms with Gasteiger partial charge in [-0.3, -0.25) is 10.1 Å². The summed E-state index contributed by atoms with van der Waals surface area (Å²) in [4.78, 5) is 24.8. The minimum absolute atomic E-state index is 0.309. The van der Waals surface area contributed by atoms with Gasteiger partial charge in [0.15, 0.2) is 0 Å². The summed E-state index contributed by atoms with van der Waals surface area (Å²) in [5, 5.41) is 22.7. The summed E-state index contributed by atoms with van der Waals surface area (Å²) in [7, 11) is 0. The van der Waals surface area contributed by atoms with Crippen LogP contribution in [0.1, 0.15) is 30.6 Å². The number of anilines is 1. The van der Waals surface area contributed by atoms with Crippen molar-refractivity contribution in [1.82, 2.24) is 4.98 Å². The molecule has 7 nitrogen and oxygen atoms in total. The van der Waals surface area contributed by atoms with Crippen LogP contribution < -0.4 is 5.32 Å². The zero-order valence-corrected chi connectivity index (χ0v) is 10.7. The van der Waals surface area contributed by atoms with E-state index >= 15 is 0 Å². The lowest BCUT2D eigenvalue weighted by Gasteiger charge is -2.07. The Kier molecular flexibility index (Phi) is 3.13. The van der Waals surface area contributed by atoms with E-state index < -0.39 is 16.6 Å². The third-order valence-electron chi connectivity index (χ3n) is 3.56. The highest BCUT2D eigenvalue weighted by atomic mass is 16.6. The fourth-order valence-corrected chi connectivity index (χ4v) is 2.01. The molecule has 1 fully saturated rings. The van der Waals surface area contributed by atoms with Crippen LogP contribution in [-0.4, -0.2) is 27.5 Å². The van der Waals surface area contributed by atoms with Crippen LogP contribution in [0, 0.1) is 21.4 Å². The number of nitrogens with one attached hydrogen (secondary N) is 1. The van der Waals surface area contributed by atoms with Crippen molar-refractivity contribution in [2.45, 2.75) is 20.3 Å². The molecule has 1 saturated carbocycles. The average molecular weight is 265 g/mol. The molecule has 2 rings (SSSR count). The van der Waals surface area contributed by atoms with Gasteiger partial charge in [0.25, 0.3) is 0 Å². The minimum atomic E-state index is -1.33. The summed E-state index contributed by atoms with van der Waals surface area (Å²) >= 11 is 0. The largest absolute Gasteiger partial charge is 0.477 e. The molecule has 7 heteroatoms. The Morgan fingerprint density at radius 2 is 2.32 bits per heavy atom. The molecule has 0 spiro atoms. The summed E-state index contributed by atoms with van der Waals surface area (Å²) in [5.41, 5.74) is -0.536. The van der Waals surface area contributed by atoms with E-state index in [9.17, 15) is 14.9 Å². The van der Waals surface area contributed by atoms with Gasteiger partial charge in [-0.1, -0.05) is 13.8 Å². The topological polar surface area (TPSA) is 105 Å². The van der Waals surface area contributed by atoms with Gasteiger partial charge in [0, 0.05) is 12.6 Å². The molecule has 0 aromatic carbocycles. The highest BCUT2D eigenvalue weighted by Crippen LogP contribution is 2.51. The smallest absolute Gasteiger partial charge is 0.342 e. The Morgan fingerprint density at radius 3 is 2.79 bits per heavy atom. The van der Waals surface area contributed by atoms with Crippen molar-refractivity contribution in [3.63, 3.8) is 0 Å². The molecule has 1 unspecified atom stereocenters. The summed E-state index contributed by atoms with van der Waals surface area (Å²) in [6.45, 7) is 5.01. The summed E-state index contributed by atoms with van der Waals surface area (Å²) in [6.07, 6.45) is 2.09. The number of carboxylic acid groups (broad SMARTS) is 1. The molecule has 1 aliphatic rings. The summed E-state index contributed by atoms with van der Waals surface area (Å²) < 4.78 is 0. The van der Waals surface area contributed by atoms with Crippen LogP contribution in [0.15, 0.2) is 12.3 Å². The van der Waals surface area contributed by atoms with Crippen LogP contribution >= 0.6 is 0 Å². The lowest BCUT2D eigenvalue weighted by molar-refractivity contribution is -0.385. The molecule has 0 amide bonds. The molecule has 0 aliphatic heterocycles. The molecule has 102 valence electrons. The van der Waals surface area contributed by atoms with Gasteiger partial charge in [0.2, 0.25) is 0 Å². The number of rotatable bonds is 5. The first kappa shape index (κ1) is 13.3. The first-order valence-electron chi connectivity index (χ1n) is 5.93. The van der Waals surface area contributed by atoms with E-state index in [1.165, 1.54) is 6.07 Å². The highest BCUT2D eigenvalue weighted by Gasteiger charge is 2.45. The van der Waals surface area contributed by atoms with E-state index in [-0.39, 0.29) is 5.56 Å². The molecule has 1 heterocycles. The highest BCUT2D eigenvalue weighted by molar-refractivity contribution is 5.93. The zero-order valence-electron chi connectivity index (χ0n) is 10.7. The van der Waals surface area contributed by atoms with Gasteiger partial charge in [-0.25, -0.2) is 9.78 Å². The fourth-order valence-electron chi connectivity index (χ4n) is 2.01. The van der Waals surface area contributed by atoms with Crippen LogP contribution in [-0.2, 0) is 0 Å². The van der Waals surface area contributed by atoms with Gasteiger partial charge in [-0.2, -0.15) is 0 Å². The van der Waals surface area contributed by atoms with Gasteiger partial charge in [0.05, 0.1) is 4.92 Å². The molecular formula is C12H15N3O4. The van der Waals surface area contributed by atoms with Gasteiger partial charge in [-0.05, 0) is 17.8 Å². The molecule has 0 saturated heterocycles. The van der Waals surface area contributed by atoms with Crippen molar-refractivity contribution in [2.75, 3.05) is 11.9 Å². The summed E-state index contributed by atoms with van der Waals surface area (Å²) in [5.74, 6) is -0.452. The first-order chi connectivity index (χ1) is 8.81. The maximum atomic E-state index is 11.0. The molecular weight excluding hydrogens is 250 g/mol. The average Bonchev–Trinajstić information content (AvgIpc) is 2.94. The molecule has 0 radical (unpaired) electrons. The Labute approximate surface area is 109 Å². The molecule has 2 N–H and O–H groups in total. The predicted octanol–water partition coefficient (Wildman–Crippen LogP) is 2.15. The molecule has 0 bridgehead atoms. The van der Waals surface area contributed by atoms with Gasteiger partial charge in [0.1, 0.15) is 17.6 Å².